The van der Waals surface area contributed by atoms with Gasteiger partial charge in [-0.3, -0.25) is 4.79 Å². The highest BCUT2D eigenvalue weighted by Crippen LogP contribution is 2.18. The van der Waals surface area contributed by atoms with Crippen LogP contribution in [-0.4, -0.2) is 52.7 Å². The molecule has 2 N–H and O–H groups in total. The van der Waals surface area contributed by atoms with E-state index in [-0.39, 0.29) is 25.4 Å². The van der Waals surface area contributed by atoms with Crippen LogP contribution in [-0.2, 0) is 14.3 Å². The topological polar surface area (TPSA) is 95.9 Å². The van der Waals surface area contributed by atoms with E-state index in [1.54, 1.807) is 20.8 Å². The molecule has 1 aliphatic rings. The van der Waals surface area contributed by atoms with E-state index in [0.717, 1.165) is 0 Å². The molecular formula is C12H20N2O5. The van der Waals surface area contributed by atoms with Crippen LogP contribution in [0.25, 0.3) is 0 Å². The minimum atomic E-state index is -1.01. The SMILES string of the molecule is CC(C)(C)OC(=O)NCCN1C(=O)CC[C@H]1C(=O)O. The predicted octanol–water partition coefficient (Wildman–Crippen LogP) is 0.587. The van der Waals surface area contributed by atoms with E-state index in [4.69, 9.17) is 9.84 Å². The van der Waals surface area contributed by atoms with Gasteiger partial charge in [-0.25, -0.2) is 9.59 Å². The lowest BCUT2D eigenvalue weighted by molar-refractivity contribution is -0.146. The van der Waals surface area contributed by atoms with Crippen molar-refractivity contribution in [1.29, 1.82) is 0 Å². The van der Waals surface area contributed by atoms with Crippen molar-refractivity contribution in [2.24, 2.45) is 0 Å². The number of alkyl carbamates (subject to hydrolysis) is 1. The summed E-state index contributed by atoms with van der Waals surface area (Å²) in [6.45, 7) is 5.59. The van der Waals surface area contributed by atoms with Gasteiger partial charge >= 0.3 is 12.1 Å². The smallest absolute Gasteiger partial charge is 0.407 e. The third-order valence-electron chi connectivity index (χ3n) is 2.63. The molecule has 0 radical (unpaired) electrons. The monoisotopic (exact) mass is 272 g/mol. The highest BCUT2D eigenvalue weighted by atomic mass is 16.6. The summed E-state index contributed by atoms with van der Waals surface area (Å²) in [5.74, 6) is -1.21. The van der Waals surface area contributed by atoms with E-state index in [1.807, 2.05) is 0 Å². The van der Waals surface area contributed by atoms with Crippen molar-refractivity contribution in [3.8, 4) is 0 Å². The van der Waals surface area contributed by atoms with E-state index < -0.39 is 23.7 Å². The summed E-state index contributed by atoms with van der Waals surface area (Å²) < 4.78 is 5.03. The second kappa shape index (κ2) is 5.90. The molecule has 1 aliphatic heterocycles. The molecule has 0 saturated carbocycles. The van der Waals surface area contributed by atoms with Crippen LogP contribution < -0.4 is 5.32 Å². The summed E-state index contributed by atoms with van der Waals surface area (Å²) >= 11 is 0. The Balaban J connectivity index is 2.38. The fourth-order valence-electron chi connectivity index (χ4n) is 1.86. The van der Waals surface area contributed by atoms with Gasteiger partial charge in [-0.1, -0.05) is 0 Å². The molecule has 1 heterocycles. The summed E-state index contributed by atoms with van der Waals surface area (Å²) in [6.07, 6.45) is -0.0182. The molecule has 0 spiro atoms. The quantitative estimate of drug-likeness (QED) is 0.780. The summed E-state index contributed by atoms with van der Waals surface area (Å²) in [5, 5.41) is 11.5. The lowest BCUT2D eigenvalue weighted by Gasteiger charge is -2.23. The Kier molecular flexibility index (Phi) is 4.74. The molecule has 1 fully saturated rings. The number of ether oxygens (including phenoxy) is 1. The number of hydrogen-bond donors (Lipinski definition) is 2. The normalized spacial score (nSPS) is 19.4. The fraction of sp³-hybridized carbons (Fsp3) is 0.750. The molecule has 0 bridgehead atoms. The van der Waals surface area contributed by atoms with Gasteiger partial charge in [0.1, 0.15) is 11.6 Å². The minimum Gasteiger partial charge on any atom is -0.480 e. The number of carboxylic acid groups (broad SMARTS) is 1. The summed E-state index contributed by atoms with van der Waals surface area (Å²) in [7, 11) is 0. The van der Waals surface area contributed by atoms with Crippen LogP contribution in [0.2, 0.25) is 0 Å². The van der Waals surface area contributed by atoms with Gasteiger partial charge in [-0.2, -0.15) is 0 Å². The molecule has 108 valence electrons. The van der Waals surface area contributed by atoms with Crippen molar-refractivity contribution in [1.82, 2.24) is 10.2 Å². The van der Waals surface area contributed by atoms with E-state index in [1.165, 1.54) is 4.90 Å². The average molecular weight is 272 g/mol. The molecule has 2 amide bonds. The largest absolute Gasteiger partial charge is 0.480 e. The third-order valence-corrected chi connectivity index (χ3v) is 2.63. The van der Waals surface area contributed by atoms with Crippen LogP contribution in [0.3, 0.4) is 0 Å². The third kappa shape index (κ3) is 4.76. The van der Waals surface area contributed by atoms with Crippen LogP contribution in [0, 0.1) is 0 Å². The Bertz CT molecular complexity index is 375. The molecule has 0 aromatic rings. The average Bonchev–Trinajstić information content (AvgIpc) is 2.58. The number of rotatable bonds is 4. The number of nitrogens with zero attached hydrogens (tertiary/aromatic N) is 1. The molecule has 7 nitrogen and oxygen atoms in total. The number of nitrogens with one attached hydrogen (secondary N) is 1. The standard InChI is InChI=1S/C12H20N2O5/c1-12(2,3)19-11(18)13-6-7-14-8(10(16)17)4-5-9(14)15/h8H,4-7H2,1-3H3,(H,13,18)(H,16,17)/t8-/m0/s1. The zero-order valence-electron chi connectivity index (χ0n) is 11.4. The van der Waals surface area contributed by atoms with Gasteiger partial charge in [0, 0.05) is 19.5 Å². The minimum absolute atomic E-state index is 0.171. The first kappa shape index (κ1) is 15.3. The van der Waals surface area contributed by atoms with Gasteiger partial charge < -0.3 is 20.1 Å². The molecule has 7 heteroatoms. The summed E-state index contributed by atoms with van der Waals surface area (Å²) in [4.78, 5) is 35.1. The maximum atomic E-state index is 11.5. The highest BCUT2D eigenvalue weighted by Gasteiger charge is 2.35. The molecule has 19 heavy (non-hydrogen) atoms. The Morgan fingerprint density at radius 2 is 2.11 bits per heavy atom. The van der Waals surface area contributed by atoms with Crippen LogP contribution in [0.4, 0.5) is 4.79 Å². The first-order valence-electron chi connectivity index (χ1n) is 6.20. The van der Waals surface area contributed by atoms with E-state index >= 15 is 0 Å². The Morgan fingerprint density at radius 1 is 1.47 bits per heavy atom. The second-order valence-electron chi connectivity index (χ2n) is 5.41. The lowest BCUT2D eigenvalue weighted by atomic mass is 10.2. The number of hydrogen-bond acceptors (Lipinski definition) is 4. The number of amides is 2. The molecule has 1 atom stereocenters. The van der Waals surface area contributed by atoms with Gasteiger partial charge in [0.05, 0.1) is 0 Å². The Labute approximate surface area is 111 Å². The lowest BCUT2D eigenvalue weighted by Crippen LogP contribution is -2.43. The Hall–Kier alpha value is -1.79. The van der Waals surface area contributed by atoms with E-state index in [9.17, 15) is 14.4 Å². The van der Waals surface area contributed by atoms with E-state index in [0.29, 0.717) is 6.42 Å². The number of aliphatic carboxylic acids is 1. The van der Waals surface area contributed by atoms with Crippen molar-refractivity contribution in [2.45, 2.75) is 45.3 Å². The first-order valence-corrected chi connectivity index (χ1v) is 6.20. The van der Waals surface area contributed by atoms with Crippen molar-refractivity contribution in [3.63, 3.8) is 0 Å². The number of carbonyl (C=O) groups is 3. The molecule has 0 aromatic carbocycles. The summed E-state index contributed by atoms with van der Waals surface area (Å²) in [5.41, 5.74) is -0.586. The molecular weight excluding hydrogens is 252 g/mol. The Morgan fingerprint density at radius 3 is 2.63 bits per heavy atom. The van der Waals surface area contributed by atoms with Crippen molar-refractivity contribution in [3.05, 3.63) is 0 Å². The van der Waals surface area contributed by atoms with Crippen LogP contribution in [0.15, 0.2) is 0 Å². The zero-order valence-corrected chi connectivity index (χ0v) is 11.4. The highest BCUT2D eigenvalue weighted by molar-refractivity contribution is 5.87. The van der Waals surface area contributed by atoms with Crippen molar-refractivity contribution in [2.75, 3.05) is 13.1 Å². The van der Waals surface area contributed by atoms with E-state index in [2.05, 4.69) is 5.32 Å². The molecule has 0 aliphatic carbocycles. The molecule has 0 unspecified atom stereocenters. The predicted molar refractivity (Wildman–Crippen MR) is 66.6 cm³/mol. The van der Waals surface area contributed by atoms with Crippen molar-refractivity contribution < 1.29 is 24.2 Å². The first-order chi connectivity index (χ1) is 8.70. The number of carbonyl (C=O) groups excluding carboxylic acids is 2. The molecule has 1 saturated heterocycles. The number of carboxylic acids is 1. The summed E-state index contributed by atoms with van der Waals surface area (Å²) in [6, 6.07) is -0.784. The van der Waals surface area contributed by atoms with Gasteiger partial charge in [0.25, 0.3) is 0 Å². The molecule has 1 rings (SSSR count). The van der Waals surface area contributed by atoms with Gasteiger partial charge in [0.2, 0.25) is 5.91 Å². The molecule has 0 aromatic heterocycles. The van der Waals surface area contributed by atoms with Crippen LogP contribution in [0.5, 0.6) is 0 Å². The van der Waals surface area contributed by atoms with Gasteiger partial charge in [0.15, 0.2) is 0 Å². The van der Waals surface area contributed by atoms with Crippen LogP contribution in [0.1, 0.15) is 33.6 Å². The maximum Gasteiger partial charge on any atom is 0.407 e. The maximum absolute atomic E-state index is 11.5. The zero-order chi connectivity index (χ0) is 14.6. The number of likely N-dealkylation sites (tertiary alicyclic amines) is 1. The second-order valence-corrected chi connectivity index (χ2v) is 5.41. The van der Waals surface area contributed by atoms with Crippen molar-refractivity contribution >= 4 is 18.0 Å². The fourth-order valence-corrected chi connectivity index (χ4v) is 1.86. The van der Waals surface area contributed by atoms with Gasteiger partial charge in [-0.15, -0.1) is 0 Å². The van der Waals surface area contributed by atoms with Gasteiger partial charge in [-0.05, 0) is 27.2 Å². The van der Waals surface area contributed by atoms with Crippen LogP contribution >= 0.6 is 0 Å².